The second-order valence-electron chi connectivity index (χ2n) is 6.18. The molecule has 0 aromatic heterocycles. The first-order chi connectivity index (χ1) is 12.7. The van der Waals surface area contributed by atoms with Gasteiger partial charge in [-0.3, -0.25) is 5.43 Å². The van der Waals surface area contributed by atoms with Crippen molar-refractivity contribution in [1.29, 1.82) is 0 Å². The Labute approximate surface area is 154 Å². The van der Waals surface area contributed by atoms with Crippen LogP contribution in [0.15, 0.2) is 47.6 Å². The highest BCUT2D eigenvalue weighted by Crippen LogP contribution is 2.15. The lowest BCUT2D eigenvalue weighted by Gasteiger charge is -2.06. The minimum absolute atomic E-state index is 0.126. The van der Waals surface area contributed by atoms with Crippen molar-refractivity contribution in [2.45, 2.75) is 45.4 Å². The summed E-state index contributed by atoms with van der Waals surface area (Å²) in [7, 11) is 0. The van der Waals surface area contributed by atoms with E-state index in [0.717, 1.165) is 30.4 Å². The molecule has 0 aliphatic rings. The van der Waals surface area contributed by atoms with E-state index in [-0.39, 0.29) is 5.69 Å². The number of halogens is 2. The van der Waals surface area contributed by atoms with E-state index >= 15 is 0 Å². The van der Waals surface area contributed by atoms with E-state index in [1.807, 2.05) is 24.3 Å². The highest BCUT2D eigenvalue weighted by Gasteiger charge is 2.01. The molecule has 0 amide bonds. The van der Waals surface area contributed by atoms with Crippen molar-refractivity contribution in [3.63, 3.8) is 0 Å². The molecule has 2 rings (SSSR count). The second kappa shape index (κ2) is 11.2. The molecule has 0 atom stereocenters. The van der Waals surface area contributed by atoms with E-state index in [1.165, 1.54) is 44.2 Å². The molecule has 0 spiro atoms. The Bertz CT molecular complexity index is 687. The van der Waals surface area contributed by atoms with E-state index in [2.05, 4.69) is 17.5 Å². The molecule has 0 bridgehead atoms. The third kappa shape index (κ3) is 7.21. The fourth-order valence-electron chi connectivity index (χ4n) is 2.48. The lowest BCUT2D eigenvalue weighted by atomic mass is 10.1. The SMILES string of the molecule is CCCCCCCCOc1ccc(C=NNc2ccc(F)cc2F)cc1. The molecule has 0 heterocycles. The summed E-state index contributed by atoms with van der Waals surface area (Å²) in [4.78, 5) is 0. The van der Waals surface area contributed by atoms with Crippen molar-refractivity contribution in [1.82, 2.24) is 0 Å². The third-order valence-electron chi connectivity index (χ3n) is 3.98. The summed E-state index contributed by atoms with van der Waals surface area (Å²) in [6.07, 6.45) is 9.00. The normalized spacial score (nSPS) is 11.0. The van der Waals surface area contributed by atoms with Gasteiger partial charge in [-0.25, -0.2) is 8.78 Å². The zero-order chi connectivity index (χ0) is 18.6. The van der Waals surface area contributed by atoms with Crippen molar-refractivity contribution >= 4 is 11.9 Å². The van der Waals surface area contributed by atoms with Crippen LogP contribution in [0.4, 0.5) is 14.5 Å². The van der Waals surface area contributed by atoms with Crippen LogP contribution < -0.4 is 10.2 Å². The van der Waals surface area contributed by atoms with Crippen LogP contribution in [0.1, 0.15) is 51.0 Å². The number of rotatable bonds is 11. The van der Waals surface area contributed by atoms with Crippen molar-refractivity contribution in [3.05, 3.63) is 59.7 Å². The van der Waals surface area contributed by atoms with E-state index in [4.69, 9.17) is 4.74 Å². The maximum atomic E-state index is 13.5. The van der Waals surface area contributed by atoms with Crippen molar-refractivity contribution < 1.29 is 13.5 Å². The van der Waals surface area contributed by atoms with Crippen LogP contribution in [0.3, 0.4) is 0 Å². The van der Waals surface area contributed by atoms with Gasteiger partial charge >= 0.3 is 0 Å². The van der Waals surface area contributed by atoms with Gasteiger partial charge < -0.3 is 4.74 Å². The molecule has 0 radical (unpaired) electrons. The van der Waals surface area contributed by atoms with Crippen LogP contribution in [-0.2, 0) is 0 Å². The number of ether oxygens (including phenoxy) is 1. The number of benzene rings is 2. The second-order valence-corrected chi connectivity index (χ2v) is 6.18. The van der Waals surface area contributed by atoms with Crippen LogP contribution in [0.5, 0.6) is 5.75 Å². The minimum atomic E-state index is -0.680. The van der Waals surface area contributed by atoms with Gasteiger partial charge in [0, 0.05) is 6.07 Å². The van der Waals surface area contributed by atoms with Gasteiger partial charge in [-0.1, -0.05) is 39.0 Å². The fourth-order valence-corrected chi connectivity index (χ4v) is 2.48. The maximum Gasteiger partial charge on any atom is 0.151 e. The van der Waals surface area contributed by atoms with E-state index in [1.54, 1.807) is 6.21 Å². The topological polar surface area (TPSA) is 33.6 Å². The van der Waals surface area contributed by atoms with Crippen molar-refractivity contribution in [2.24, 2.45) is 5.10 Å². The lowest BCUT2D eigenvalue weighted by Crippen LogP contribution is -1.98. The Morgan fingerprint density at radius 1 is 0.962 bits per heavy atom. The van der Waals surface area contributed by atoms with Crippen LogP contribution in [-0.4, -0.2) is 12.8 Å². The number of nitrogens with zero attached hydrogens (tertiary/aromatic N) is 1. The summed E-state index contributed by atoms with van der Waals surface area (Å²) in [5.41, 5.74) is 3.54. The predicted octanol–water partition coefficient (Wildman–Crippen LogP) is 6.15. The van der Waals surface area contributed by atoms with Crippen molar-refractivity contribution in [3.8, 4) is 5.75 Å². The van der Waals surface area contributed by atoms with Crippen LogP contribution in [0.25, 0.3) is 0 Å². The van der Waals surface area contributed by atoms with Crippen LogP contribution >= 0.6 is 0 Å². The van der Waals surface area contributed by atoms with Gasteiger partial charge in [-0.05, 0) is 48.4 Å². The van der Waals surface area contributed by atoms with E-state index in [0.29, 0.717) is 0 Å². The largest absolute Gasteiger partial charge is 0.494 e. The fraction of sp³-hybridized carbons (Fsp3) is 0.381. The number of nitrogens with one attached hydrogen (secondary N) is 1. The van der Waals surface area contributed by atoms with E-state index in [9.17, 15) is 8.78 Å². The highest BCUT2D eigenvalue weighted by molar-refractivity contribution is 5.80. The van der Waals surface area contributed by atoms with E-state index < -0.39 is 11.6 Å². The monoisotopic (exact) mass is 360 g/mol. The zero-order valence-corrected chi connectivity index (χ0v) is 15.2. The first kappa shape index (κ1) is 19.9. The molecule has 0 saturated carbocycles. The third-order valence-corrected chi connectivity index (χ3v) is 3.98. The maximum absolute atomic E-state index is 13.5. The number of anilines is 1. The van der Waals surface area contributed by atoms with Crippen LogP contribution in [0.2, 0.25) is 0 Å². The van der Waals surface area contributed by atoms with Gasteiger partial charge in [0.2, 0.25) is 0 Å². The summed E-state index contributed by atoms with van der Waals surface area (Å²) < 4.78 is 32.0. The predicted molar refractivity (Wildman–Crippen MR) is 103 cm³/mol. The molecule has 0 aliphatic carbocycles. The number of hydrazone groups is 1. The molecule has 2 aromatic rings. The summed E-state index contributed by atoms with van der Waals surface area (Å²) >= 11 is 0. The molecule has 2 aromatic carbocycles. The molecule has 5 heteroatoms. The Balaban J connectivity index is 1.71. The molecule has 0 fully saturated rings. The molecule has 0 aliphatic heterocycles. The summed E-state index contributed by atoms with van der Waals surface area (Å²) in [6.45, 7) is 2.94. The number of hydrogen-bond acceptors (Lipinski definition) is 3. The average molecular weight is 360 g/mol. The number of unbranched alkanes of at least 4 members (excludes halogenated alkanes) is 5. The summed E-state index contributed by atoms with van der Waals surface area (Å²) in [5, 5.41) is 3.96. The molecular formula is C21H26F2N2O. The molecular weight excluding hydrogens is 334 g/mol. The van der Waals surface area contributed by atoms with Crippen molar-refractivity contribution in [2.75, 3.05) is 12.0 Å². The van der Waals surface area contributed by atoms with Gasteiger partial charge in [-0.2, -0.15) is 5.10 Å². The summed E-state index contributed by atoms with van der Waals surface area (Å²) in [5.74, 6) is -0.470. The molecule has 0 saturated heterocycles. The molecule has 3 nitrogen and oxygen atoms in total. The molecule has 0 unspecified atom stereocenters. The average Bonchev–Trinajstić information content (AvgIpc) is 2.64. The standard InChI is InChI=1S/C21H26F2N2O/c1-2-3-4-5-6-7-14-26-19-11-8-17(9-12-19)16-24-25-21-13-10-18(22)15-20(21)23/h8-13,15-16,25H,2-7,14H2,1H3. The lowest BCUT2D eigenvalue weighted by molar-refractivity contribution is 0.304. The van der Waals surface area contributed by atoms with Gasteiger partial charge in [0.25, 0.3) is 0 Å². The first-order valence-electron chi connectivity index (χ1n) is 9.16. The zero-order valence-electron chi connectivity index (χ0n) is 15.2. The number of hydrogen-bond donors (Lipinski definition) is 1. The minimum Gasteiger partial charge on any atom is -0.494 e. The van der Waals surface area contributed by atoms with Gasteiger partial charge in [0.05, 0.1) is 18.5 Å². The smallest absolute Gasteiger partial charge is 0.151 e. The molecule has 26 heavy (non-hydrogen) atoms. The first-order valence-corrected chi connectivity index (χ1v) is 9.16. The summed E-state index contributed by atoms with van der Waals surface area (Å²) in [6, 6.07) is 10.8. The highest BCUT2D eigenvalue weighted by atomic mass is 19.1. The van der Waals surface area contributed by atoms with Gasteiger partial charge in [0.1, 0.15) is 11.6 Å². The molecule has 140 valence electrons. The Hall–Kier alpha value is -2.43. The Morgan fingerprint density at radius 2 is 1.69 bits per heavy atom. The van der Waals surface area contributed by atoms with Gasteiger partial charge in [0.15, 0.2) is 5.82 Å². The van der Waals surface area contributed by atoms with Crippen LogP contribution in [0, 0.1) is 11.6 Å². The quantitative estimate of drug-likeness (QED) is 0.296. The Kier molecular flexibility index (Phi) is 8.60. The Morgan fingerprint density at radius 3 is 2.42 bits per heavy atom. The van der Waals surface area contributed by atoms with Gasteiger partial charge in [-0.15, -0.1) is 0 Å². The molecule has 1 N–H and O–H groups in total.